The van der Waals surface area contributed by atoms with Gasteiger partial charge < -0.3 is 5.32 Å². The molecule has 1 aliphatic rings. The van der Waals surface area contributed by atoms with Crippen molar-refractivity contribution >= 4 is 29.4 Å². The number of carbonyl (C=O) groups excluding carboxylic acids is 2. The highest BCUT2D eigenvalue weighted by Crippen LogP contribution is 2.37. The number of anilines is 1. The fourth-order valence-corrected chi connectivity index (χ4v) is 2.04. The van der Waals surface area contributed by atoms with E-state index in [1.807, 2.05) is 0 Å². The number of halogens is 3. The number of urea groups is 1. The van der Waals surface area contributed by atoms with Crippen LogP contribution in [0.5, 0.6) is 0 Å². The Morgan fingerprint density at radius 2 is 1.74 bits per heavy atom. The van der Waals surface area contributed by atoms with Crippen LogP contribution in [0.15, 0.2) is 41.4 Å². The van der Waals surface area contributed by atoms with E-state index in [0.717, 1.165) is 4.90 Å². The smallest absolute Gasteiger partial charge is 0.303 e. The van der Waals surface area contributed by atoms with Crippen LogP contribution in [-0.2, 0) is 4.79 Å². The number of imide groups is 1. The number of hydrogen-bond acceptors (Lipinski definition) is 3. The van der Waals surface area contributed by atoms with Crippen molar-refractivity contribution in [2.24, 2.45) is 0 Å². The van der Waals surface area contributed by atoms with Crippen molar-refractivity contribution in [3.05, 3.63) is 36.5 Å². The highest BCUT2D eigenvalue weighted by molar-refractivity contribution is 8.00. The molecule has 2 rings (SSSR count). The van der Waals surface area contributed by atoms with E-state index in [1.54, 1.807) is 0 Å². The molecule has 1 N–H and O–H groups in total. The average Bonchev–Trinajstić information content (AvgIpc) is 2.53. The van der Waals surface area contributed by atoms with Crippen LogP contribution in [0.2, 0.25) is 0 Å². The first-order valence-electron chi connectivity index (χ1n) is 4.98. The lowest BCUT2D eigenvalue weighted by Gasteiger charge is -2.12. The second-order valence-electron chi connectivity index (χ2n) is 3.59. The number of benzene rings is 1. The van der Waals surface area contributed by atoms with Gasteiger partial charge >= 0.3 is 11.5 Å². The second kappa shape index (κ2) is 4.61. The van der Waals surface area contributed by atoms with E-state index in [2.05, 4.69) is 11.9 Å². The van der Waals surface area contributed by atoms with Crippen LogP contribution in [0.4, 0.5) is 23.7 Å². The lowest BCUT2D eigenvalue weighted by molar-refractivity contribution is -0.113. The molecule has 19 heavy (non-hydrogen) atoms. The van der Waals surface area contributed by atoms with E-state index in [1.165, 1.54) is 24.3 Å². The molecule has 1 aliphatic heterocycles. The third kappa shape index (κ3) is 2.90. The molecule has 1 heterocycles. The molecule has 0 saturated carbocycles. The minimum Gasteiger partial charge on any atom is -0.303 e. The summed E-state index contributed by atoms with van der Waals surface area (Å²) in [5.74, 6) is -0.624. The van der Waals surface area contributed by atoms with Gasteiger partial charge in [0.1, 0.15) is 5.70 Å². The van der Waals surface area contributed by atoms with Gasteiger partial charge in [-0.1, -0.05) is 6.58 Å². The number of hydrogen-bond donors (Lipinski definition) is 1. The molecule has 1 aromatic rings. The first-order chi connectivity index (χ1) is 8.78. The normalized spacial score (nSPS) is 15.9. The summed E-state index contributed by atoms with van der Waals surface area (Å²) in [6.45, 7) is 3.35. The SMILES string of the molecule is C=C1NC(=O)N(c2ccc(SC(F)(F)F)cc2)C1=O. The molecule has 1 aromatic carbocycles. The van der Waals surface area contributed by atoms with E-state index in [-0.39, 0.29) is 28.0 Å². The van der Waals surface area contributed by atoms with Crippen molar-refractivity contribution < 1.29 is 22.8 Å². The van der Waals surface area contributed by atoms with E-state index in [9.17, 15) is 22.8 Å². The fourth-order valence-electron chi connectivity index (χ4n) is 1.50. The highest BCUT2D eigenvalue weighted by atomic mass is 32.2. The lowest BCUT2D eigenvalue weighted by Crippen LogP contribution is -2.30. The first-order valence-corrected chi connectivity index (χ1v) is 5.80. The molecule has 8 heteroatoms. The molecule has 1 fully saturated rings. The molecule has 4 nitrogen and oxygen atoms in total. The van der Waals surface area contributed by atoms with E-state index < -0.39 is 17.4 Å². The third-order valence-corrected chi connectivity index (χ3v) is 2.99. The van der Waals surface area contributed by atoms with Gasteiger partial charge in [0.15, 0.2) is 0 Å². The Bertz CT molecular complexity index is 554. The van der Waals surface area contributed by atoms with Crippen LogP contribution in [0.1, 0.15) is 0 Å². The predicted octanol–water partition coefficient (Wildman–Crippen LogP) is 2.87. The van der Waals surface area contributed by atoms with Gasteiger partial charge in [0.25, 0.3) is 5.91 Å². The molecule has 0 aliphatic carbocycles. The van der Waals surface area contributed by atoms with Gasteiger partial charge in [-0.3, -0.25) is 4.79 Å². The number of thioether (sulfide) groups is 1. The standard InChI is InChI=1S/C11H7F3N2O2S/c1-6-9(17)16(10(18)15-6)7-2-4-8(5-3-7)19-11(12,13)14/h2-5H,1H2,(H,15,18). The molecule has 0 bridgehead atoms. The van der Waals surface area contributed by atoms with Crippen molar-refractivity contribution in [1.29, 1.82) is 0 Å². The van der Waals surface area contributed by atoms with Crippen LogP contribution < -0.4 is 10.2 Å². The van der Waals surface area contributed by atoms with Crippen LogP contribution in [-0.4, -0.2) is 17.4 Å². The van der Waals surface area contributed by atoms with E-state index >= 15 is 0 Å². The van der Waals surface area contributed by atoms with Crippen molar-refractivity contribution in [3.63, 3.8) is 0 Å². The zero-order valence-corrected chi connectivity index (χ0v) is 10.1. The second-order valence-corrected chi connectivity index (χ2v) is 4.73. The minimum atomic E-state index is -4.38. The van der Waals surface area contributed by atoms with Gasteiger partial charge in [-0.05, 0) is 36.0 Å². The fraction of sp³-hybridized carbons (Fsp3) is 0.0909. The number of carbonyl (C=O) groups is 2. The highest BCUT2D eigenvalue weighted by Gasteiger charge is 2.34. The van der Waals surface area contributed by atoms with E-state index in [4.69, 9.17) is 0 Å². The summed E-state index contributed by atoms with van der Waals surface area (Å²) in [4.78, 5) is 23.8. The topological polar surface area (TPSA) is 49.4 Å². The molecular formula is C11H7F3N2O2S. The molecule has 0 spiro atoms. The Labute approximate surface area is 110 Å². The number of alkyl halides is 3. The molecule has 0 unspecified atom stereocenters. The lowest BCUT2D eigenvalue weighted by atomic mass is 10.3. The van der Waals surface area contributed by atoms with Crippen LogP contribution in [0.25, 0.3) is 0 Å². The minimum absolute atomic E-state index is 0.0258. The molecule has 0 radical (unpaired) electrons. The van der Waals surface area contributed by atoms with Crippen LogP contribution in [0, 0.1) is 0 Å². The Balaban J connectivity index is 2.22. The molecule has 1 saturated heterocycles. The predicted molar refractivity (Wildman–Crippen MR) is 63.5 cm³/mol. The zero-order chi connectivity index (χ0) is 14.2. The summed E-state index contributed by atoms with van der Waals surface area (Å²) in [5, 5.41) is 2.23. The molecule has 100 valence electrons. The van der Waals surface area contributed by atoms with Gasteiger partial charge in [0.2, 0.25) is 0 Å². The van der Waals surface area contributed by atoms with Gasteiger partial charge in [-0.2, -0.15) is 13.2 Å². The maximum Gasteiger partial charge on any atom is 0.446 e. The molecule has 0 atom stereocenters. The van der Waals surface area contributed by atoms with Gasteiger partial charge in [0, 0.05) is 4.90 Å². The van der Waals surface area contributed by atoms with Crippen molar-refractivity contribution in [3.8, 4) is 0 Å². The Morgan fingerprint density at radius 1 is 1.16 bits per heavy atom. The van der Waals surface area contributed by atoms with Gasteiger partial charge in [-0.15, -0.1) is 0 Å². The summed E-state index contributed by atoms with van der Waals surface area (Å²) in [6.07, 6.45) is 0. The van der Waals surface area contributed by atoms with E-state index in [0.29, 0.717) is 0 Å². The molecule has 3 amide bonds. The summed E-state index contributed by atoms with van der Waals surface area (Å²) in [7, 11) is 0. The first kappa shape index (κ1) is 13.5. The van der Waals surface area contributed by atoms with Crippen molar-refractivity contribution in [2.75, 3.05) is 4.90 Å². The monoisotopic (exact) mass is 288 g/mol. The number of nitrogens with zero attached hydrogens (tertiary/aromatic N) is 1. The third-order valence-electron chi connectivity index (χ3n) is 2.25. The quantitative estimate of drug-likeness (QED) is 0.517. The van der Waals surface area contributed by atoms with Crippen molar-refractivity contribution in [1.82, 2.24) is 5.32 Å². The average molecular weight is 288 g/mol. The summed E-state index contributed by atoms with van der Waals surface area (Å²) in [6, 6.07) is 4.24. The summed E-state index contributed by atoms with van der Waals surface area (Å²) in [5.41, 5.74) is -4.26. The van der Waals surface area contributed by atoms with Gasteiger partial charge in [-0.25, -0.2) is 9.69 Å². The zero-order valence-electron chi connectivity index (χ0n) is 9.32. The maximum absolute atomic E-state index is 12.1. The maximum atomic E-state index is 12.1. The number of nitrogens with one attached hydrogen (secondary N) is 1. The number of rotatable bonds is 2. The Kier molecular flexibility index (Phi) is 3.27. The van der Waals surface area contributed by atoms with Crippen molar-refractivity contribution in [2.45, 2.75) is 10.4 Å². The number of amides is 3. The molecule has 0 aromatic heterocycles. The largest absolute Gasteiger partial charge is 0.446 e. The van der Waals surface area contributed by atoms with Crippen LogP contribution in [0.3, 0.4) is 0 Å². The van der Waals surface area contributed by atoms with Crippen LogP contribution >= 0.6 is 11.8 Å². The summed E-state index contributed by atoms with van der Waals surface area (Å²) < 4.78 is 36.4. The Hall–Kier alpha value is -1.96. The molecular weight excluding hydrogens is 281 g/mol. The Morgan fingerprint density at radius 3 is 2.16 bits per heavy atom. The summed E-state index contributed by atoms with van der Waals surface area (Å²) >= 11 is -0.267. The van der Waals surface area contributed by atoms with Gasteiger partial charge in [0.05, 0.1) is 5.69 Å².